The number of nitrogens with zero attached hydrogens (tertiary/aromatic N) is 1. The lowest BCUT2D eigenvalue weighted by atomic mass is 10.0. The summed E-state index contributed by atoms with van der Waals surface area (Å²) >= 11 is 0. The summed E-state index contributed by atoms with van der Waals surface area (Å²) in [5.41, 5.74) is 1.62. The van der Waals surface area contributed by atoms with E-state index in [1.807, 2.05) is 6.07 Å². The maximum Gasteiger partial charge on any atom is 0.129 e. The maximum atomic E-state index is 14.2. The Balaban J connectivity index is 2.28. The zero-order chi connectivity index (χ0) is 14.7. The zero-order valence-corrected chi connectivity index (χ0v) is 12.6. The molecule has 2 rings (SSSR count). The second-order valence-corrected chi connectivity index (χ2v) is 5.98. The highest BCUT2D eigenvalue weighted by Crippen LogP contribution is 2.32. The largest absolute Gasteiger partial charge is 0.394 e. The summed E-state index contributed by atoms with van der Waals surface area (Å²) in [6, 6.07) is 5.62. The van der Waals surface area contributed by atoms with Gasteiger partial charge in [0.05, 0.1) is 12.6 Å². The lowest BCUT2D eigenvalue weighted by molar-refractivity contribution is 0.244. The van der Waals surface area contributed by atoms with Gasteiger partial charge >= 0.3 is 0 Å². The van der Waals surface area contributed by atoms with E-state index >= 15 is 0 Å². The number of halogens is 1. The summed E-state index contributed by atoms with van der Waals surface area (Å²) in [5, 5.41) is 12.9. The van der Waals surface area contributed by atoms with E-state index in [0.717, 1.165) is 18.7 Å². The predicted molar refractivity (Wildman–Crippen MR) is 80.4 cm³/mol. The molecule has 3 nitrogen and oxygen atoms in total. The van der Waals surface area contributed by atoms with Crippen molar-refractivity contribution in [1.82, 2.24) is 5.32 Å². The fourth-order valence-electron chi connectivity index (χ4n) is 2.88. The SMILES string of the molecule is CC(C)NCc1c(F)cccc1N1CCC(C)C1CO. The van der Waals surface area contributed by atoms with E-state index in [4.69, 9.17) is 0 Å². The molecule has 1 heterocycles. The Labute approximate surface area is 120 Å². The lowest BCUT2D eigenvalue weighted by Crippen LogP contribution is -2.36. The van der Waals surface area contributed by atoms with Gasteiger partial charge in [0.25, 0.3) is 0 Å². The van der Waals surface area contributed by atoms with E-state index in [9.17, 15) is 9.50 Å². The fraction of sp³-hybridized carbons (Fsp3) is 0.625. The maximum absolute atomic E-state index is 14.2. The van der Waals surface area contributed by atoms with Crippen LogP contribution >= 0.6 is 0 Å². The van der Waals surface area contributed by atoms with Crippen molar-refractivity contribution in [3.8, 4) is 0 Å². The summed E-state index contributed by atoms with van der Waals surface area (Å²) in [6.07, 6.45) is 1.04. The molecule has 1 saturated heterocycles. The molecule has 2 N–H and O–H groups in total. The van der Waals surface area contributed by atoms with Gasteiger partial charge in [-0.05, 0) is 24.5 Å². The predicted octanol–water partition coefficient (Wildman–Crippen LogP) is 2.53. The van der Waals surface area contributed by atoms with E-state index in [0.29, 0.717) is 24.1 Å². The summed E-state index contributed by atoms with van der Waals surface area (Å²) in [5.74, 6) is 0.265. The zero-order valence-electron chi connectivity index (χ0n) is 12.6. The third kappa shape index (κ3) is 3.13. The van der Waals surface area contributed by atoms with Crippen molar-refractivity contribution in [2.75, 3.05) is 18.1 Å². The standard InChI is InChI=1S/C16H25FN2O/c1-11(2)18-9-13-14(17)5-4-6-15(13)19-8-7-12(3)16(19)10-20/h4-6,11-12,16,18,20H,7-10H2,1-3H3. The van der Waals surface area contributed by atoms with Crippen molar-refractivity contribution in [2.45, 2.75) is 45.8 Å². The molecule has 2 unspecified atom stereocenters. The molecule has 20 heavy (non-hydrogen) atoms. The van der Waals surface area contributed by atoms with Crippen molar-refractivity contribution in [3.63, 3.8) is 0 Å². The van der Waals surface area contributed by atoms with E-state index in [1.165, 1.54) is 6.07 Å². The highest BCUT2D eigenvalue weighted by Gasteiger charge is 2.32. The molecule has 0 aliphatic carbocycles. The van der Waals surface area contributed by atoms with Gasteiger partial charge in [-0.25, -0.2) is 4.39 Å². The first-order valence-electron chi connectivity index (χ1n) is 7.42. The molecule has 0 saturated carbocycles. The monoisotopic (exact) mass is 280 g/mol. The smallest absolute Gasteiger partial charge is 0.129 e. The number of benzene rings is 1. The molecule has 0 spiro atoms. The molecule has 1 fully saturated rings. The first-order valence-corrected chi connectivity index (χ1v) is 7.42. The van der Waals surface area contributed by atoms with Crippen molar-refractivity contribution < 1.29 is 9.50 Å². The van der Waals surface area contributed by atoms with Gasteiger partial charge in [-0.2, -0.15) is 0 Å². The summed E-state index contributed by atoms with van der Waals surface area (Å²) in [6.45, 7) is 7.76. The molecule has 0 amide bonds. The number of rotatable bonds is 5. The Hall–Kier alpha value is -1.13. The third-order valence-corrected chi connectivity index (χ3v) is 4.16. The van der Waals surface area contributed by atoms with Crippen LogP contribution in [0.1, 0.15) is 32.8 Å². The second-order valence-electron chi connectivity index (χ2n) is 5.98. The number of nitrogens with one attached hydrogen (secondary N) is 1. The molecule has 1 aliphatic heterocycles. The highest BCUT2D eigenvalue weighted by atomic mass is 19.1. The van der Waals surface area contributed by atoms with Crippen molar-refractivity contribution in [3.05, 3.63) is 29.6 Å². The van der Waals surface area contributed by atoms with Crippen LogP contribution in [0.15, 0.2) is 18.2 Å². The van der Waals surface area contributed by atoms with Crippen LogP contribution < -0.4 is 10.2 Å². The van der Waals surface area contributed by atoms with E-state index in [1.54, 1.807) is 6.07 Å². The van der Waals surface area contributed by atoms with Crippen LogP contribution in [0.25, 0.3) is 0 Å². The van der Waals surface area contributed by atoms with Gasteiger partial charge in [0.1, 0.15) is 5.82 Å². The normalized spacial score (nSPS) is 22.8. The highest BCUT2D eigenvalue weighted by molar-refractivity contribution is 5.56. The average Bonchev–Trinajstić information content (AvgIpc) is 2.77. The van der Waals surface area contributed by atoms with Gasteiger partial charge in [-0.15, -0.1) is 0 Å². The Morgan fingerprint density at radius 2 is 2.20 bits per heavy atom. The minimum Gasteiger partial charge on any atom is -0.394 e. The van der Waals surface area contributed by atoms with Gasteiger partial charge in [-0.1, -0.05) is 26.8 Å². The van der Waals surface area contributed by atoms with E-state index in [-0.39, 0.29) is 18.5 Å². The molecule has 1 aliphatic rings. The Morgan fingerprint density at radius 1 is 1.45 bits per heavy atom. The molecule has 0 aromatic heterocycles. The number of hydrogen-bond donors (Lipinski definition) is 2. The van der Waals surface area contributed by atoms with E-state index in [2.05, 4.69) is 31.0 Å². The molecular formula is C16H25FN2O. The Morgan fingerprint density at radius 3 is 2.85 bits per heavy atom. The fourth-order valence-corrected chi connectivity index (χ4v) is 2.88. The minimum absolute atomic E-state index is 0.0922. The van der Waals surface area contributed by atoms with Crippen LogP contribution in [0, 0.1) is 11.7 Å². The van der Waals surface area contributed by atoms with Crippen LogP contribution in [-0.4, -0.2) is 30.3 Å². The lowest BCUT2D eigenvalue weighted by Gasteiger charge is -2.29. The van der Waals surface area contributed by atoms with Gasteiger partial charge < -0.3 is 15.3 Å². The Bertz CT molecular complexity index is 450. The molecule has 1 aromatic carbocycles. The Kier molecular flexibility index (Phi) is 5.00. The molecule has 4 heteroatoms. The van der Waals surface area contributed by atoms with Gasteiger partial charge in [0, 0.05) is 30.4 Å². The topological polar surface area (TPSA) is 35.5 Å². The van der Waals surface area contributed by atoms with Crippen LogP contribution in [0.4, 0.5) is 10.1 Å². The number of anilines is 1. The molecule has 112 valence electrons. The second kappa shape index (κ2) is 6.55. The molecule has 0 radical (unpaired) electrons. The summed E-state index contributed by atoms with van der Waals surface area (Å²) < 4.78 is 14.2. The number of hydrogen-bond acceptors (Lipinski definition) is 3. The summed E-state index contributed by atoms with van der Waals surface area (Å²) in [7, 11) is 0. The first kappa shape index (κ1) is 15.3. The molecular weight excluding hydrogens is 255 g/mol. The quantitative estimate of drug-likeness (QED) is 0.870. The van der Waals surface area contributed by atoms with Crippen LogP contribution in [-0.2, 0) is 6.54 Å². The van der Waals surface area contributed by atoms with Crippen molar-refractivity contribution in [1.29, 1.82) is 0 Å². The average molecular weight is 280 g/mol. The molecule has 2 atom stereocenters. The minimum atomic E-state index is -0.174. The van der Waals surface area contributed by atoms with Gasteiger partial charge in [0.15, 0.2) is 0 Å². The van der Waals surface area contributed by atoms with Gasteiger partial charge in [0.2, 0.25) is 0 Å². The molecule has 1 aromatic rings. The number of aliphatic hydroxyl groups is 1. The van der Waals surface area contributed by atoms with Crippen LogP contribution in [0.5, 0.6) is 0 Å². The first-order chi connectivity index (χ1) is 9.54. The van der Waals surface area contributed by atoms with E-state index < -0.39 is 0 Å². The van der Waals surface area contributed by atoms with Crippen molar-refractivity contribution in [2.24, 2.45) is 5.92 Å². The number of aliphatic hydroxyl groups excluding tert-OH is 1. The van der Waals surface area contributed by atoms with Gasteiger partial charge in [-0.3, -0.25) is 0 Å². The molecule has 0 bridgehead atoms. The third-order valence-electron chi connectivity index (χ3n) is 4.16. The summed E-state index contributed by atoms with van der Waals surface area (Å²) in [4.78, 5) is 2.16. The van der Waals surface area contributed by atoms with Crippen molar-refractivity contribution >= 4 is 5.69 Å². The van der Waals surface area contributed by atoms with Crippen LogP contribution in [0.3, 0.4) is 0 Å². The van der Waals surface area contributed by atoms with Crippen LogP contribution in [0.2, 0.25) is 0 Å².